The summed E-state index contributed by atoms with van der Waals surface area (Å²) in [5.74, 6) is -1.38. The van der Waals surface area contributed by atoms with E-state index in [0.29, 0.717) is 0 Å². The molecular formula is C12H12F5N. The Balaban J connectivity index is 2.18. The van der Waals surface area contributed by atoms with Gasteiger partial charge in [-0.2, -0.15) is 13.2 Å². The second kappa shape index (κ2) is 4.19. The monoisotopic (exact) mass is 265 g/mol. The molecule has 0 amide bonds. The average Bonchev–Trinajstić information content (AvgIpc) is 3.01. The quantitative estimate of drug-likeness (QED) is 0.821. The molecule has 0 aromatic heterocycles. The largest absolute Gasteiger partial charge is 0.406 e. The topological polar surface area (TPSA) is 12.0 Å². The first kappa shape index (κ1) is 13.3. The molecule has 1 N–H and O–H groups in total. The van der Waals surface area contributed by atoms with Crippen molar-refractivity contribution in [3.05, 3.63) is 35.4 Å². The highest BCUT2D eigenvalue weighted by molar-refractivity contribution is 5.23. The minimum atomic E-state index is -4.37. The van der Waals surface area contributed by atoms with Crippen LogP contribution in [0.4, 0.5) is 22.0 Å². The molecule has 18 heavy (non-hydrogen) atoms. The Kier molecular flexibility index (Phi) is 3.09. The van der Waals surface area contributed by atoms with Crippen molar-refractivity contribution in [1.82, 2.24) is 5.32 Å². The van der Waals surface area contributed by atoms with E-state index in [1.165, 1.54) is 6.92 Å². The van der Waals surface area contributed by atoms with Gasteiger partial charge in [0.1, 0.15) is 17.2 Å². The average molecular weight is 265 g/mol. The molecule has 1 aromatic rings. The van der Waals surface area contributed by atoms with Gasteiger partial charge in [0, 0.05) is 11.6 Å². The molecule has 6 heteroatoms. The molecule has 1 atom stereocenters. The van der Waals surface area contributed by atoms with Crippen LogP contribution in [0.1, 0.15) is 31.4 Å². The predicted octanol–water partition coefficient (Wildman–Crippen LogP) is 3.71. The van der Waals surface area contributed by atoms with E-state index in [1.54, 1.807) is 0 Å². The Morgan fingerprint density at radius 2 is 1.83 bits per heavy atom. The van der Waals surface area contributed by atoms with Crippen LogP contribution in [0.2, 0.25) is 0 Å². The number of rotatable bonds is 3. The number of nitrogens with one attached hydrogen (secondary N) is 1. The van der Waals surface area contributed by atoms with Crippen LogP contribution < -0.4 is 5.32 Å². The van der Waals surface area contributed by atoms with Gasteiger partial charge in [0.25, 0.3) is 0 Å². The first-order valence-corrected chi connectivity index (χ1v) is 5.54. The zero-order valence-electron chi connectivity index (χ0n) is 9.61. The number of benzene rings is 1. The van der Waals surface area contributed by atoms with Crippen molar-refractivity contribution in [3.63, 3.8) is 0 Å². The second-order valence-corrected chi connectivity index (χ2v) is 4.61. The second-order valence-electron chi connectivity index (χ2n) is 4.61. The van der Waals surface area contributed by atoms with E-state index in [4.69, 9.17) is 0 Å². The van der Waals surface area contributed by atoms with Crippen LogP contribution in [0.5, 0.6) is 0 Å². The van der Waals surface area contributed by atoms with E-state index in [-0.39, 0.29) is 18.4 Å². The van der Waals surface area contributed by atoms with Gasteiger partial charge >= 0.3 is 6.18 Å². The van der Waals surface area contributed by atoms with E-state index in [9.17, 15) is 22.0 Å². The summed E-state index contributed by atoms with van der Waals surface area (Å²) >= 11 is 0. The molecule has 0 saturated heterocycles. The van der Waals surface area contributed by atoms with Crippen molar-refractivity contribution in [2.75, 3.05) is 0 Å². The predicted molar refractivity (Wildman–Crippen MR) is 55.9 cm³/mol. The fraction of sp³-hybridized carbons (Fsp3) is 0.500. The van der Waals surface area contributed by atoms with E-state index < -0.39 is 29.4 Å². The van der Waals surface area contributed by atoms with Crippen molar-refractivity contribution in [3.8, 4) is 0 Å². The number of halogens is 5. The van der Waals surface area contributed by atoms with Crippen LogP contribution in [0.3, 0.4) is 0 Å². The zero-order valence-corrected chi connectivity index (χ0v) is 9.61. The Hall–Kier alpha value is -1.17. The molecule has 1 aromatic carbocycles. The summed E-state index contributed by atoms with van der Waals surface area (Å²) in [6.45, 7) is 1.39. The Bertz CT molecular complexity index is 450. The van der Waals surface area contributed by atoms with Crippen molar-refractivity contribution in [2.24, 2.45) is 0 Å². The van der Waals surface area contributed by atoms with Gasteiger partial charge in [0.05, 0.1) is 0 Å². The summed E-state index contributed by atoms with van der Waals surface area (Å²) in [5.41, 5.74) is -2.03. The van der Waals surface area contributed by atoms with Crippen molar-refractivity contribution in [2.45, 2.75) is 37.5 Å². The lowest BCUT2D eigenvalue weighted by atomic mass is 10.1. The summed E-state index contributed by atoms with van der Waals surface area (Å²) in [6.07, 6.45) is -4.43. The standard InChI is InChI=1S/C12H12F5N/c1-7(9-6-8(13)2-3-10(9)14)18-11(4-5-11)12(15,16)17/h2-3,6-7,18H,4-5H2,1H3. The molecule has 2 rings (SSSR count). The maximum atomic E-state index is 13.4. The number of alkyl halides is 3. The Labute approximate surface area is 101 Å². The summed E-state index contributed by atoms with van der Waals surface area (Å²) in [5, 5.41) is 2.36. The molecule has 1 fully saturated rings. The fourth-order valence-electron chi connectivity index (χ4n) is 1.97. The summed E-state index contributed by atoms with van der Waals surface area (Å²) in [4.78, 5) is 0. The number of hydrogen-bond donors (Lipinski definition) is 1. The molecule has 0 radical (unpaired) electrons. The Morgan fingerprint density at radius 1 is 1.22 bits per heavy atom. The van der Waals surface area contributed by atoms with Crippen molar-refractivity contribution in [1.29, 1.82) is 0 Å². The summed E-state index contributed by atoms with van der Waals surface area (Å²) in [6, 6.07) is 1.86. The minimum absolute atomic E-state index is 0.0300. The molecule has 0 aliphatic heterocycles. The van der Waals surface area contributed by atoms with E-state index in [2.05, 4.69) is 5.32 Å². The molecular weight excluding hydrogens is 253 g/mol. The van der Waals surface area contributed by atoms with Gasteiger partial charge in [-0.15, -0.1) is 0 Å². The normalized spacial score (nSPS) is 19.7. The molecule has 0 heterocycles. The number of hydrogen-bond acceptors (Lipinski definition) is 1. The lowest BCUT2D eigenvalue weighted by molar-refractivity contribution is -0.167. The van der Waals surface area contributed by atoms with Crippen LogP contribution in [-0.4, -0.2) is 11.7 Å². The van der Waals surface area contributed by atoms with Gasteiger partial charge in [-0.1, -0.05) is 0 Å². The summed E-state index contributed by atoms with van der Waals surface area (Å²) < 4.78 is 64.6. The van der Waals surface area contributed by atoms with Gasteiger partial charge < -0.3 is 0 Å². The third-order valence-electron chi connectivity index (χ3n) is 3.21. The first-order chi connectivity index (χ1) is 8.25. The fourth-order valence-corrected chi connectivity index (χ4v) is 1.97. The third kappa shape index (κ3) is 2.34. The lowest BCUT2D eigenvalue weighted by Crippen LogP contribution is -2.46. The maximum absolute atomic E-state index is 13.4. The first-order valence-electron chi connectivity index (χ1n) is 5.54. The molecule has 1 aliphatic carbocycles. The van der Waals surface area contributed by atoms with Crippen LogP contribution in [-0.2, 0) is 0 Å². The maximum Gasteiger partial charge on any atom is 0.406 e. The molecule has 1 nitrogen and oxygen atoms in total. The van der Waals surface area contributed by atoms with Crippen LogP contribution >= 0.6 is 0 Å². The lowest BCUT2D eigenvalue weighted by Gasteiger charge is -2.25. The van der Waals surface area contributed by atoms with E-state index in [0.717, 1.165) is 18.2 Å². The van der Waals surface area contributed by atoms with E-state index in [1.807, 2.05) is 0 Å². The van der Waals surface area contributed by atoms with E-state index >= 15 is 0 Å². The molecule has 1 unspecified atom stereocenters. The highest BCUT2D eigenvalue weighted by atomic mass is 19.4. The molecule has 0 spiro atoms. The smallest absolute Gasteiger partial charge is 0.297 e. The molecule has 100 valence electrons. The van der Waals surface area contributed by atoms with Gasteiger partial charge in [0.15, 0.2) is 0 Å². The van der Waals surface area contributed by atoms with Crippen molar-refractivity contribution < 1.29 is 22.0 Å². The van der Waals surface area contributed by atoms with Gasteiger partial charge in [-0.3, -0.25) is 5.32 Å². The minimum Gasteiger partial charge on any atom is -0.297 e. The van der Waals surface area contributed by atoms with Gasteiger partial charge in [-0.25, -0.2) is 8.78 Å². The van der Waals surface area contributed by atoms with Crippen molar-refractivity contribution >= 4 is 0 Å². The third-order valence-corrected chi connectivity index (χ3v) is 3.21. The van der Waals surface area contributed by atoms with Crippen LogP contribution in [0.25, 0.3) is 0 Å². The molecule has 1 aliphatic rings. The Morgan fingerprint density at radius 3 is 2.33 bits per heavy atom. The SMILES string of the molecule is CC(NC1(C(F)(F)F)CC1)c1cc(F)ccc1F. The zero-order chi connectivity index (χ0) is 13.6. The highest BCUT2D eigenvalue weighted by Crippen LogP contribution is 2.50. The molecule has 1 saturated carbocycles. The molecule has 0 bridgehead atoms. The van der Waals surface area contributed by atoms with Crippen LogP contribution in [0.15, 0.2) is 18.2 Å². The van der Waals surface area contributed by atoms with Gasteiger partial charge in [-0.05, 0) is 38.0 Å². The van der Waals surface area contributed by atoms with Gasteiger partial charge in [0.2, 0.25) is 0 Å². The van der Waals surface area contributed by atoms with Crippen LogP contribution in [0, 0.1) is 11.6 Å². The highest BCUT2D eigenvalue weighted by Gasteiger charge is 2.63. The summed E-state index contributed by atoms with van der Waals surface area (Å²) in [7, 11) is 0.